The van der Waals surface area contributed by atoms with Gasteiger partial charge in [0.25, 0.3) is 5.91 Å². The van der Waals surface area contributed by atoms with Gasteiger partial charge in [0.1, 0.15) is 53.3 Å². The van der Waals surface area contributed by atoms with Crippen LogP contribution >= 0.6 is 11.3 Å². The quantitative estimate of drug-likeness (QED) is 0.161. The Morgan fingerprint density at radius 2 is 1.43 bits per heavy atom. The van der Waals surface area contributed by atoms with Crippen molar-refractivity contribution in [2.75, 3.05) is 6.61 Å². The van der Waals surface area contributed by atoms with Crippen LogP contribution in [0.5, 0.6) is 0 Å². The van der Waals surface area contributed by atoms with Crippen LogP contribution in [0.2, 0.25) is 0 Å². The number of carbonyl (C=O) groups is 3. The van der Waals surface area contributed by atoms with E-state index in [1.54, 1.807) is 29.6 Å². The molecule has 6 aromatic rings. The molecule has 1 aliphatic rings. The van der Waals surface area contributed by atoms with Crippen molar-refractivity contribution in [1.82, 2.24) is 40.9 Å². The third-order valence-corrected chi connectivity index (χ3v) is 9.98. The van der Waals surface area contributed by atoms with Crippen molar-refractivity contribution in [2.45, 2.75) is 78.6 Å². The van der Waals surface area contributed by atoms with E-state index < -0.39 is 41.4 Å². The highest BCUT2D eigenvalue weighted by atomic mass is 32.1. The molecular formula is C39H42N8O8S. The number of benzene rings is 1. The summed E-state index contributed by atoms with van der Waals surface area (Å²) in [6.45, 7) is 13.0. The van der Waals surface area contributed by atoms with Crippen molar-refractivity contribution in [2.24, 2.45) is 11.8 Å². The van der Waals surface area contributed by atoms with Crippen LogP contribution in [0.1, 0.15) is 77.3 Å². The highest BCUT2D eigenvalue weighted by Crippen LogP contribution is 2.34. The summed E-state index contributed by atoms with van der Waals surface area (Å²) >= 11 is 1.30. The molecule has 4 atom stereocenters. The van der Waals surface area contributed by atoms with E-state index in [1.807, 2.05) is 54.5 Å². The number of rotatable bonds is 6. The maximum atomic E-state index is 14.2. The molecule has 0 spiro atoms. The molecule has 7 rings (SSSR count). The number of hydrogen-bond donors (Lipinski definition) is 3. The lowest BCUT2D eigenvalue weighted by atomic mass is 9.96. The average Bonchev–Trinajstić information content (AvgIpc) is 4.02. The van der Waals surface area contributed by atoms with Crippen molar-refractivity contribution in [3.8, 4) is 56.8 Å². The third kappa shape index (κ3) is 8.18. The normalized spacial score (nSPS) is 18.6. The summed E-state index contributed by atoms with van der Waals surface area (Å²) in [6.07, 6.45) is 4.73. The number of oxazole rings is 4. The minimum atomic E-state index is -1.05. The predicted octanol–water partition coefficient (Wildman–Crippen LogP) is 6.70. The molecule has 0 radical (unpaired) electrons. The van der Waals surface area contributed by atoms with Gasteiger partial charge in [-0.15, -0.1) is 11.3 Å². The predicted molar refractivity (Wildman–Crippen MR) is 204 cm³/mol. The van der Waals surface area contributed by atoms with E-state index in [1.165, 1.54) is 30.1 Å². The van der Waals surface area contributed by atoms with E-state index in [-0.39, 0.29) is 64.8 Å². The lowest BCUT2D eigenvalue weighted by molar-refractivity contribution is -0.132. The molecule has 0 saturated heterocycles. The van der Waals surface area contributed by atoms with Gasteiger partial charge < -0.3 is 38.4 Å². The third-order valence-electron chi connectivity index (χ3n) is 9.12. The molecule has 17 heteroatoms. The van der Waals surface area contributed by atoms with Gasteiger partial charge in [-0.2, -0.15) is 0 Å². The highest BCUT2D eigenvalue weighted by Gasteiger charge is 2.35. The first kappa shape index (κ1) is 38.3. The first-order valence-corrected chi connectivity index (χ1v) is 19.1. The standard InChI is InChI=1S/C39H42N8O8S/c1-8-20(4)28-32(49)45-27(19(2)3)31(48)40-24(17-54-39(5,6)7)35-41-22(14-51-35)34-43-25(16-53-34)38-44-26(18-56-38)36-42-23(15-52-36)37-47-29(33(50)46-28)30(55-37)21-12-10-9-11-13-21/h9-16,18-20,24,27-28H,8,17H2,1-7H3,(H,40,48)(H,45,49)(H,46,50)/t20-,24-,27-,28+/m0/s1. The second kappa shape index (κ2) is 15.7. The van der Waals surface area contributed by atoms with Crippen molar-refractivity contribution < 1.29 is 36.8 Å². The first-order chi connectivity index (χ1) is 26.8. The first-order valence-electron chi connectivity index (χ1n) is 18.2. The molecule has 3 amide bonds. The number of fused-ring (bicyclic) bond motifs is 14. The van der Waals surface area contributed by atoms with Crippen LogP contribution in [0, 0.1) is 11.8 Å². The van der Waals surface area contributed by atoms with E-state index in [0.717, 1.165) is 0 Å². The van der Waals surface area contributed by atoms with Gasteiger partial charge in [-0.25, -0.2) is 24.9 Å². The van der Waals surface area contributed by atoms with E-state index in [4.69, 9.17) is 22.4 Å². The molecule has 1 aliphatic heterocycles. The molecule has 0 saturated carbocycles. The molecule has 3 N–H and O–H groups in total. The monoisotopic (exact) mass is 782 g/mol. The Morgan fingerprint density at radius 1 is 0.768 bits per heavy atom. The lowest BCUT2D eigenvalue weighted by Gasteiger charge is -2.29. The second-order valence-corrected chi connectivity index (χ2v) is 15.7. The zero-order valence-corrected chi connectivity index (χ0v) is 32.7. The Hall–Kier alpha value is -5.94. The van der Waals surface area contributed by atoms with Crippen LogP contribution in [0.25, 0.3) is 56.8 Å². The maximum absolute atomic E-state index is 14.2. The van der Waals surface area contributed by atoms with Crippen LogP contribution in [0.3, 0.4) is 0 Å². The Balaban J connectivity index is 1.31. The Labute approximate surface area is 325 Å². The smallest absolute Gasteiger partial charge is 0.274 e. The Morgan fingerprint density at radius 3 is 2.14 bits per heavy atom. The fourth-order valence-electron chi connectivity index (χ4n) is 5.84. The molecule has 292 valence electrons. The Kier molecular flexibility index (Phi) is 10.7. The number of carbonyl (C=O) groups excluding carboxylic acids is 3. The van der Waals surface area contributed by atoms with Crippen molar-refractivity contribution in [3.05, 3.63) is 66.1 Å². The van der Waals surface area contributed by atoms with Crippen molar-refractivity contribution in [3.63, 3.8) is 0 Å². The summed E-state index contributed by atoms with van der Waals surface area (Å²) in [6, 6.07) is 6.09. The fraction of sp³-hybridized carbons (Fsp3) is 0.385. The van der Waals surface area contributed by atoms with Crippen LogP contribution in [-0.4, -0.2) is 66.9 Å². The maximum Gasteiger partial charge on any atom is 0.274 e. The largest absolute Gasteiger partial charge is 0.446 e. The number of amides is 3. The number of ether oxygens (including phenoxy) is 1. The zero-order valence-electron chi connectivity index (χ0n) is 31.9. The van der Waals surface area contributed by atoms with E-state index in [9.17, 15) is 14.4 Å². The molecule has 10 bridgehead atoms. The summed E-state index contributed by atoms with van der Waals surface area (Å²) in [4.78, 5) is 65.3. The van der Waals surface area contributed by atoms with Crippen LogP contribution in [0.15, 0.2) is 72.2 Å². The van der Waals surface area contributed by atoms with Gasteiger partial charge in [-0.05, 0) is 32.6 Å². The van der Waals surface area contributed by atoms with Gasteiger partial charge in [-0.1, -0.05) is 64.4 Å². The number of nitrogens with zero attached hydrogens (tertiary/aromatic N) is 5. The van der Waals surface area contributed by atoms with Crippen LogP contribution in [-0.2, 0) is 14.3 Å². The summed E-state index contributed by atoms with van der Waals surface area (Å²) in [5, 5.41) is 11.0. The number of thiazole rings is 1. The summed E-state index contributed by atoms with van der Waals surface area (Å²) < 4.78 is 29.7. The molecule has 0 aliphatic carbocycles. The van der Waals surface area contributed by atoms with Gasteiger partial charge in [0.05, 0.1) is 12.2 Å². The van der Waals surface area contributed by atoms with E-state index in [0.29, 0.717) is 28.4 Å². The topological polar surface area (TPSA) is 214 Å². The summed E-state index contributed by atoms with van der Waals surface area (Å²) in [7, 11) is 0. The molecule has 1 aromatic carbocycles. The SMILES string of the molecule is CC[C@H](C)[C@H]1NC(=O)c2nc(oc2-c2ccccc2)-c2coc(n2)-c2csc(n2)-c2coc(n2)-c2coc(n2)[C@H](COC(C)(C)C)NC(=O)[C@H](C(C)C)NC1=O. The molecule has 16 nitrogen and oxygen atoms in total. The molecular weight excluding hydrogens is 741 g/mol. The van der Waals surface area contributed by atoms with Gasteiger partial charge in [-0.3, -0.25) is 14.4 Å². The average molecular weight is 783 g/mol. The summed E-state index contributed by atoms with van der Waals surface area (Å²) in [5.74, 6) is -1.72. The lowest BCUT2D eigenvalue weighted by Crippen LogP contribution is -2.57. The van der Waals surface area contributed by atoms with Gasteiger partial charge in [0.15, 0.2) is 22.8 Å². The van der Waals surface area contributed by atoms with Gasteiger partial charge in [0, 0.05) is 10.9 Å². The Bertz CT molecular complexity index is 2330. The minimum absolute atomic E-state index is 0.00416. The molecule has 0 fully saturated rings. The van der Waals surface area contributed by atoms with Crippen LogP contribution in [0.4, 0.5) is 0 Å². The number of hydrogen-bond acceptors (Lipinski definition) is 14. The second-order valence-electron chi connectivity index (χ2n) is 14.8. The molecule has 0 unspecified atom stereocenters. The molecule has 56 heavy (non-hydrogen) atoms. The molecule has 6 heterocycles. The van der Waals surface area contributed by atoms with Crippen molar-refractivity contribution >= 4 is 29.1 Å². The number of aromatic nitrogens is 5. The summed E-state index contributed by atoms with van der Waals surface area (Å²) in [5.41, 5.74) is 1.32. The zero-order chi connectivity index (χ0) is 39.7. The van der Waals surface area contributed by atoms with E-state index in [2.05, 4.69) is 40.9 Å². The van der Waals surface area contributed by atoms with Crippen LogP contribution < -0.4 is 16.0 Å². The van der Waals surface area contributed by atoms with Gasteiger partial charge in [0.2, 0.25) is 35.4 Å². The fourth-order valence-corrected chi connectivity index (χ4v) is 6.58. The van der Waals surface area contributed by atoms with E-state index >= 15 is 0 Å². The van der Waals surface area contributed by atoms with Gasteiger partial charge >= 0.3 is 0 Å². The number of nitrogens with one attached hydrogen (secondary N) is 3. The highest BCUT2D eigenvalue weighted by molar-refractivity contribution is 7.13. The minimum Gasteiger partial charge on any atom is -0.446 e. The molecule has 5 aromatic heterocycles. The van der Waals surface area contributed by atoms with Crippen molar-refractivity contribution in [1.29, 1.82) is 0 Å².